The highest BCUT2D eigenvalue weighted by Crippen LogP contribution is 2.33. The first kappa shape index (κ1) is 25.2. The SMILES string of the molecule is CCOC(=O)C1=C(CN2CCCN(C(=O)C3CC3)CC2)N(C)C(=O)N[C@@H]1c1ccc(C(C)C)cc1. The van der Waals surface area contributed by atoms with Crippen molar-refractivity contribution in [3.63, 3.8) is 0 Å². The van der Waals surface area contributed by atoms with Gasteiger partial charge in [-0.1, -0.05) is 38.1 Å². The highest BCUT2D eigenvalue weighted by Gasteiger charge is 2.38. The van der Waals surface area contributed by atoms with E-state index in [0.29, 0.717) is 36.8 Å². The molecule has 1 aliphatic carbocycles. The first-order valence-electron chi connectivity index (χ1n) is 12.9. The Balaban J connectivity index is 1.62. The molecule has 2 aliphatic heterocycles. The topological polar surface area (TPSA) is 82.2 Å². The van der Waals surface area contributed by atoms with E-state index in [2.05, 4.69) is 24.1 Å². The Morgan fingerprint density at radius 1 is 1.09 bits per heavy atom. The quantitative estimate of drug-likeness (QED) is 0.604. The maximum Gasteiger partial charge on any atom is 0.338 e. The summed E-state index contributed by atoms with van der Waals surface area (Å²) in [7, 11) is 1.70. The van der Waals surface area contributed by atoms with Crippen LogP contribution in [0.2, 0.25) is 0 Å². The van der Waals surface area contributed by atoms with Crippen molar-refractivity contribution in [1.82, 2.24) is 20.0 Å². The number of amides is 3. The fourth-order valence-electron chi connectivity index (χ4n) is 4.87. The number of ether oxygens (including phenoxy) is 1. The second kappa shape index (κ2) is 10.8. The zero-order valence-corrected chi connectivity index (χ0v) is 21.4. The van der Waals surface area contributed by atoms with Gasteiger partial charge < -0.3 is 15.0 Å². The molecule has 1 atom stereocenters. The number of esters is 1. The monoisotopic (exact) mass is 482 g/mol. The summed E-state index contributed by atoms with van der Waals surface area (Å²) in [5.41, 5.74) is 3.19. The van der Waals surface area contributed by atoms with Crippen LogP contribution >= 0.6 is 0 Å². The molecular weight excluding hydrogens is 444 g/mol. The lowest BCUT2D eigenvalue weighted by Gasteiger charge is -2.36. The Bertz CT molecular complexity index is 983. The van der Waals surface area contributed by atoms with Crippen molar-refractivity contribution < 1.29 is 19.1 Å². The number of urea groups is 1. The van der Waals surface area contributed by atoms with Crippen LogP contribution < -0.4 is 5.32 Å². The lowest BCUT2D eigenvalue weighted by molar-refractivity contribution is -0.139. The van der Waals surface area contributed by atoms with Gasteiger partial charge in [-0.05, 0) is 43.2 Å². The van der Waals surface area contributed by atoms with Crippen LogP contribution in [0, 0.1) is 5.92 Å². The highest BCUT2D eigenvalue weighted by atomic mass is 16.5. The van der Waals surface area contributed by atoms with Gasteiger partial charge in [0.2, 0.25) is 5.91 Å². The summed E-state index contributed by atoms with van der Waals surface area (Å²) in [6.45, 7) is 9.71. The van der Waals surface area contributed by atoms with Gasteiger partial charge in [0.05, 0.1) is 18.2 Å². The fourth-order valence-corrected chi connectivity index (χ4v) is 4.87. The number of hydrogen-bond acceptors (Lipinski definition) is 5. The van der Waals surface area contributed by atoms with Gasteiger partial charge in [0.25, 0.3) is 0 Å². The molecule has 0 unspecified atom stereocenters. The number of nitrogens with one attached hydrogen (secondary N) is 1. The molecule has 8 nitrogen and oxygen atoms in total. The molecule has 4 rings (SSSR count). The molecule has 190 valence electrons. The molecule has 2 fully saturated rings. The summed E-state index contributed by atoms with van der Waals surface area (Å²) in [4.78, 5) is 44.5. The Hall–Kier alpha value is -2.87. The van der Waals surface area contributed by atoms with E-state index in [4.69, 9.17) is 4.74 Å². The highest BCUT2D eigenvalue weighted by molar-refractivity contribution is 5.95. The van der Waals surface area contributed by atoms with Crippen molar-refractivity contribution in [2.24, 2.45) is 5.92 Å². The van der Waals surface area contributed by atoms with Crippen LogP contribution in [0.25, 0.3) is 0 Å². The molecule has 3 aliphatic rings. The van der Waals surface area contributed by atoms with Crippen LogP contribution in [0.5, 0.6) is 0 Å². The number of rotatable bonds is 7. The Kier molecular flexibility index (Phi) is 7.79. The van der Waals surface area contributed by atoms with Crippen molar-refractivity contribution in [3.8, 4) is 0 Å². The van der Waals surface area contributed by atoms with Crippen molar-refractivity contribution in [3.05, 3.63) is 46.7 Å². The normalized spacial score (nSPS) is 21.7. The molecule has 1 saturated heterocycles. The number of likely N-dealkylation sites (N-methyl/N-ethyl adjacent to an activating group) is 1. The second-order valence-electron chi connectivity index (χ2n) is 10.1. The van der Waals surface area contributed by atoms with Crippen LogP contribution in [0.4, 0.5) is 4.79 Å². The van der Waals surface area contributed by atoms with E-state index in [1.54, 1.807) is 14.0 Å². The lowest BCUT2D eigenvalue weighted by atomic mass is 9.92. The van der Waals surface area contributed by atoms with Crippen LogP contribution in [-0.4, -0.2) is 79.0 Å². The number of hydrogen-bond donors (Lipinski definition) is 1. The average molecular weight is 483 g/mol. The van der Waals surface area contributed by atoms with Gasteiger partial charge in [-0.25, -0.2) is 9.59 Å². The minimum atomic E-state index is -0.575. The van der Waals surface area contributed by atoms with E-state index >= 15 is 0 Å². The minimum absolute atomic E-state index is 0.218. The third-order valence-corrected chi connectivity index (χ3v) is 7.21. The van der Waals surface area contributed by atoms with Crippen molar-refractivity contribution in [1.29, 1.82) is 0 Å². The molecule has 35 heavy (non-hydrogen) atoms. The Morgan fingerprint density at radius 3 is 2.43 bits per heavy atom. The van der Waals surface area contributed by atoms with Gasteiger partial charge in [-0.15, -0.1) is 0 Å². The molecule has 2 heterocycles. The van der Waals surface area contributed by atoms with Gasteiger partial charge in [-0.2, -0.15) is 0 Å². The first-order valence-corrected chi connectivity index (χ1v) is 12.9. The van der Waals surface area contributed by atoms with Crippen LogP contribution in [0.1, 0.15) is 63.1 Å². The van der Waals surface area contributed by atoms with Gasteiger partial charge in [0, 0.05) is 51.4 Å². The van der Waals surface area contributed by atoms with Crippen molar-refractivity contribution in [2.45, 2.75) is 52.0 Å². The molecule has 0 aromatic heterocycles. The summed E-state index contributed by atoms with van der Waals surface area (Å²) in [5.74, 6) is 0.474. The van der Waals surface area contributed by atoms with Crippen LogP contribution in [0.3, 0.4) is 0 Å². The minimum Gasteiger partial charge on any atom is -0.463 e. The summed E-state index contributed by atoms with van der Waals surface area (Å²) in [6, 6.07) is 7.24. The van der Waals surface area contributed by atoms with E-state index in [0.717, 1.165) is 37.9 Å². The molecule has 0 radical (unpaired) electrons. The predicted molar refractivity (Wildman–Crippen MR) is 134 cm³/mol. The first-order chi connectivity index (χ1) is 16.8. The number of benzene rings is 1. The zero-order chi connectivity index (χ0) is 25.1. The van der Waals surface area contributed by atoms with Gasteiger partial charge >= 0.3 is 12.0 Å². The molecule has 0 spiro atoms. The fraction of sp³-hybridized carbons (Fsp3) is 0.593. The molecule has 3 amide bonds. The van der Waals surface area contributed by atoms with Crippen molar-refractivity contribution in [2.75, 3.05) is 46.4 Å². The van der Waals surface area contributed by atoms with E-state index in [9.17, 15) is 14.4 Å². The molecule has 8 heteroatoms. The second-order valence-corrected chi connectivity index (χ2v) is 10.1. The van der Waals surface area contributed by atoms with E-state index < -0.39 is 12.0 Å². The molecule has 1 aromatic rings. The average Bonchev–Trinajstić information content (AvgIpc) is 3.69. The summed E-state index contributed by atoms with van der Waals surface area (Å²) in [6.07, 6.45) is 2.89. The maximum absolute atomic E-state index is 13.2. The third-order valence-electron chi connectivity index (χ3n) is 7.21. The molecular formula is C27H38N4O4. The summed E-state index contributed by atoms with van der Waals surface area (Å²) >= 11 is 0. The standard InChI is InChI=1S/C27H38N4O4/c1-5-35-26(33)23-22(17-30-13-6-14-31(16-15-30)25(32)21-11-12-21)29(4)27(34)28-24(23)20-9-7-19(8-10-20)18(2)3/h7-10,18,21,24H,5-6,11-17H2,1-4H3,(H,28,34)/t24-/m1/s1. The van der Waals surface area contributed by atoms with E-state index in [-0.39, 0.29) is 24.5 Å². The molecule has 1 N–H and O–H groups in total. The third kappa shape index (κ3) is 5.69. The zero-order valence-electron chi connectivity index (χ0n) is 21.4. The smallest absolute Gasteiger partial charge is 0.338 e. The summed E-state index contributed by atoms with van der Waals surface area (Å²) < 4.78 is 5.46. The summed E-state index contributed by atoms with van der Waals surface area (Å²) in [5, 5.41) is 3.00. The largest absolute Gasteiger partial charge is 0.463 e. The number of carbonyl (C=O) groups is 3. The van der Waals surface area contributed by atoms with Crippen molar-refractivity contribution >= 4 is 17.9 Å². The van der Waals surface area contributed by atoms with Gasteiger partial charge in [0.15, 0.2) is 0 Å². The maximum atomic E-state index is 13.2. The Labute approximate surface area is 208 Å². The van der Waals surface area contributed by atoms with E-state index in [1.807, 2.05) is 29.2 Å². The van der Waals surface area contributed by atoms with Gasteiger partial charge in [0.1, 0.15) is 0 Å². The molecule has 0 bridgehead atoms. The van der Waals surface area contributed by atoms with Crippen LogP contribution in [-0.2, 0) is 14.3 Å². The lowest BCUT2D eigenvalue weighted by Crippen LogP contribution is -2.49. The van der Waals surface area contributed by atoms with E-state index in [1.165, 1.54) is 10.5 Å². The molecule has 1 saturated carbocycles. The number of nitrogens with zero attached hydrogens (tertiary/aromatic N) is 3. The Morgan fingerprint density at radius 2 is 1.80 bits per heavy atom. The van der Waals surface area contributed by atoms with Crippen LogP contribution in [0.15, 0.2) is 35.5 Å². The molecule has 1 aromatic carbocycles. The number of carbonyl (C=O) groups excluding carboxylic acids is 3. The predicted octanol–water partition coefficient (Wildman–Crippen LogP) is 3.27. The van der Waals surface area contributed by atoms with Gasteiger partial charge in [-0.3, -0.25) is 14.6 Å².